The molecule has 1 amide bonds. The van der Waals surface area contributed by atoms with Gasteiger partial charge >= 0.3 is 0 Å². The largest absolute Gasteiger partial charge is 0.496 e. The summed E-state index contributed by atoms with van der Waals surface area (Å²) in [5.74, 6) is 0.577. The van der Waals surface area contributed by atoms with Gasteiger partial charge < -0.3 is 9.64 Å². The van der Waals surface area contributed by atoms with Gasteiger partial charge in [-0.05, 0) is 25.1 Å². The Labute approximate surface area is 129 Å². The average Bonchev–Trinajstić information content (AvgIpc) is 2.53. The van der Waals surface area contributed by atoms with Crippen LogP contribution in [-0.2, 0) is 0 Å². The molecule has 110 valence electrons. The molecule has 0 saturated carbocycles. The summed E-state index contributed by atoms with van der Waals surface area (Å²) in [6.07, 6.45) is 1.56. The highest BCUT2D eigenvalue weighted by Gasteiger charge is 2.23. The lowest BCUT2D eigenvalue weighted by molar-refractivity contribution is 0.0741. The number of para-hydroxylation sites is 1. The molecule has 1 unspecified atom stereocenters. The Hall–Kier alpha value is -2.07. The molecule has 0 N–H and O–H groups in total. The molecule has 5 heteroatoms. The van der Waals surface area contributed by atoms with E-state index in [9.17, 15) is 4.79 Å². The molecule has 1 heterocycles. The van der Waals surface area contributed by atoms with E-state index in [0.717, 1.165) is 11.3 Å². The maximum atomic E-state index is 12.5. The van der Waals surface area contributed by atoms with E-state index in [1.165, 1.54) is 0 Å². The second-order valence-electron chi connectivity index (χ2n) is 4.68. The third kappa shape index (κ3) is 3.16. The number of amides is 1. The smallest absolute Gasteiger partial charge is 0.257 e. The van der Waals surface area contributed by atoms with Gasteiger partial charge in [0.15, 0.2) is 0 Å². The van der Waals surface area contributed by atoms with Crippen LogP contribution in [0.2, 0.25) is 5.15 Å². The number of rotatable bonds is 4. The highest BCUT2D eigenvalue weighted by Crippen LogP contribution is 2.29. The van der Waals surface area contributed by atoms with Gasteiger partial charge in [0.25, 0.3) is 5.91 Å². The molecule has 21 heavy (non-hydrogen) atoms. The van der Waals surface area contributed by atoms with E-state index in [-0.39, 0.29) is 17.1 Å². The number of carbonyl (C=O) groups is 1. The molecule has 0 aliphatic carbocycles. The van der Waals surface area contributed by atoms with E-state index >= 15 is 0 Å². The first-order chi connectivity index (χ1) is 10.1. The number of nitrogens with zero attached hydrogens (tertiary/aromatic N) is 2. The summed E-state index contributed by atoms with van der Waals surface area (Å²) in [6, 6.07) is 10.9. The number of ether oxygens (including phenoxy) is 1. The first-order valence-corrected chi connectivity index (χ1v) is 6.94. The number of aromatic nitrogens is 1. The number of benzene rings is 1. The molecule has 0 aliphatic rings. The molecule has 0 aliphatic heterocycles. The lowest BCUT2D eigenvalue weighted by Gasteiger charge is -2.26. The first-order valence-electron chi connectivity index (χ1n) is 6.57. The number of pyridine rings is 1. The van der Waals surface area contributed by atoms with Gasteiger partial charge in [0.05, 0.1) is 18.7 Å². The van der Waals surface area contributed by atoms with Gasteiger partial charge in [0, 0.05) is 18.8 Å². The Morgan fingerprint density at radius 1 is 1.29 bits per heavy atom. The predicted octanol–water partition coefficient (Wildman–Crippen LogP) is 3.58. The number of halogens is 1. The molecule has 0 bridgehead atoms. The summed E-state index contributed by atoms with van der Waals surface area (Å²) in [5, 5.41) is 0.210. The van der Waals surface area contributed by atoms with Crippen molar-refractivity contribution in [3.05, 3.63) is 58.9 Å². The van der Waals surface area contributed by atoms with Crippen LogP contribution in [0.3, 0.4) is 0 Å². The number of hydrogen-bond donors (Lipinski definition) is 0. The lowest BCUT2D eigenvalue weighted by Crippen LogP contribution is -2.30. The van der Waals surface area contributed by atoms with Crippen LogP contribution >= 0.6 is 11.6 Å². The fourth-order valence-corrected chi connectivity index (χ4v) is 2.33. The Morgan fingerprint density at radius 2 is 2.00 bits per heavy atom. The van der Waals surface area contributed by atoms with Crippen LogP contribution in [0.5, 0.6) is 5.75 Å². The maximum Gasteiger partial charge on any atom is 0.257 e. The summed E-state index contributed by atoms with van der Waals surface area (Å²) in [4.78, 5) is 18.1. The minimum atomic E-state index is -0.175. The molecular weight excluding hydrogens is 288 g/mol. The fourth-order valence-electron chi connectivity index (χ4n) is 2.13. The third-order valence-corrected chi connectivity index (χ3v) is 3.78. The Morgan fingerprint density at radius 3 is 2.67 bits per heavy atom. The fraction of sp³-hybridized carbons (Fsp3) is 0.250. The van der Waals surface area contributed by atoms with Gasteiger partial charge in [-0.3, -0.25) is 4.79 Å². The topological polar surface area (TPSA) is 42.4 Å². The Kier molecular flexibility index (Phi) is 4.81. The van der Waals surface area contributed by atoms with E-state index < -0.39 is 0 Å². The summed E-state index contributed by atoms with van der Waals surface area (Å²) in [5.41, 5.74) is 1.33. The highest BCUT2D eigenvalue weighted by molar-refractivity contribution is 6.32. The minimum Gasteiger partial charge on any atom is -0.496 e. The quantitative estimate of drug-likeness (QED) is 0.811. The van der Waals surface area contributed by atoms with Crippen molar-refractivity contribution < 1.29 is 9.53 Å². The van der Waals surface area contributed by atoms with Crippen molar-refractivity contribution in [1.82, 2.24) is 9.88 Å². The van der Waals surface area contributed by atoms with Crippen molar-refractivity contribution >= 4 is 17.5 Å². The molecule has 1 aromatic heterocycles. The van der Waals surface area contributed by atoms with Gasteiger partial charge in [-0.2, -0.15) is 0 Å². The van der Waals surface area contributed by atoms with Crippen LogP contribution in [0.25, 0.3) is 0 Å². The molecule has 1 atom stereocenters. The van der Waals surface area contributed by atoms with Crippen LogP contribution in [-0.4, -0.2) is 29.9 Å². The van der Waals surface area contributed by atoms with Crippen LogP contribution in [0.4, 0.5) is 0 Å². The molecule has 2 aromatic rings. The molecule has 0 saturated heterocycles. The normalized spacial score (nSPS) is 11.8. The van der Waals surface area contributed by atoms with Crippen molar-refractivity contribution in [2.75, 3.05) is 14.2 Å². The zero-order valence-electron chi connectivity index (χ0n) is 12.2. The van der Waals surface area contributed by atoms with Crippen LogP contribution in [0, 0.1) is 0 Å². The van der Waals surface area contributed by atoms with Crippen LogP contribution in [0.15, 0.2) is 42.6 Å². The van der Waals surface area contributed by atoms with Crippen molar-refractivity contribution in [3.8, 4) is 5.75 Å². The molecule has 1 aromatic carbocycles. The second kappa shape index (κ2) is 6.59. The van der Waals surface area contributed by atoms with E-state index in [1.54, 1.807) is 37.4 Å². The standard InChI is InChI=1S/C16H17ClN2O2/c1-11(12-7-4-5-9-14(12)21-3)19(2)16(20)13-8-6-10-18-15(13)17/h4-11H,1-3H3. The molecular formula is C16H17ClN2O2. The maximum absolute atomic E-state index is 12.5. The first kappa shape index (κ1) is 15.3. The Balaban J connectivity index is 2.29. The summed E-state index contributed by atoms with van der Waals surface area (Å²) >= 11 is 5.99. The van der Waals surface area contributed by atoms with Gasteiger partial charge in [0.2, 0.25) is 0 Å². The SMILES string of the molecule is COc1ccccc1C(C)N(C)C(=O)c1cccnc1Cl. The second-order valence-corrected chi connectivity index (χ2v) is 5.03. The van der Waals surface area contributed by atoms with Gasteiger partial charge in [-0.25, -0.2) is 4.98 Å². The van der Waals surface area contributed by atoms with Crippen molar-refractivity contribution in [1.29, 1.82) is 0 Å². The molecule has 0 spiro atoms. The zero-order valence-corrected chi connectivity index (χ0v) is 13.0. The molecule has 2 rings (SSSR count). The third-order valence-electron chi connectivity index (χ3n) is 3.48. The van der Waals surface area contributed by atoms with Crippen LogP contribution < -0.4 is 4.74 Å². The highest BCUT2D eigenvalue weighted by atomic mass is 35.5. The van der Waals surface area contributed by atoms with E-state index in [0.29, 0.717) is 5.56 Å². The number of carbonyl (C=O) groups excluding carboxylic acids is 1. The predicted molar refractivity (Wildman–Crippen MR) is 82.7 cm³/mol. The number of hydrogen-bond acceptors (Lipinski definition) is 3. The van der Waals surface area contributed by atoms with Crippen molar-refractivity contribution in [2.45, 2.75) is 13.0 Å². The molecule has 0 fully saturated rings. The van der Waals surface area contributed by atoms with Crippen molar-refractivity contribution in [3.63, 3.8) is 0 Å². The van der Waals surface area contributed by atoms with E-state index in [4.69, 9.17) is 16.3 Å². The number of methoxy groups -OCH3 is 1. The monoisotopic (exact) mass is 304 g/mol. The van der Waals surface area contributed by atoms with Gasteiger partial charge in [0.1, 0.15) is 10.9 Å². The summed E-state index contributed by atoms with van der Waals surface area (Å²) in [6.45, 7) is 1.94. The van der Waals surface area contributed by atoms with Gasteiger partial charge in [-0.15, -0.1) is 0 Å². The minimum absolute atomic E-state index is 0.148. The van der Waals surface area contributed by atoms with Gasteiger partial charge in [-0.1, -0.05) is 29.8 Å². The molecule has 4 nitrogen and oxygen atoms in total. The summed E-state index contributed by atoms with van der Waals surface area (Å²) < 4.78 is 5.35. The summed E-state index contributed by atoms with van der Waals surface area (Å²) in [7, 11) is 3.36. The zero-order chi connectivity index (χ0) is 15.4. The Bertz CT molecular complexity index is 646. The average molecular weight is 305 g/mol. The van der Waals surface area contributed by atoms with E-state index in [2.05, 4.69) is 4.98 Å². The lowest BCUT2D eigenvalue weighted by atomic mass is 10.1. The molecule has 0 radical (unpaired) electrons. The van der Waals surface area contributed by atoms with Crippen LogP contribution in [0.1, 0.15) is 28.9 Å². The van der Waals surface area contributed by atoms with E-state index in [1.807, 2.05) is 31.2 Å². The van der Waals surface area contributed by atoms with Crippen molar-refractivity contribution in [2.24, 2.45) is 0 Å².